The summed E-state index contributed by atoms with van der Waals surface area (Å²) in [6.45, 7) is 0. The molecule has 0 spiro atoms. The predicted molar refractivity (Wildman–Crippen MR) is 97.2 cm³/mol. The van der Waals surface area contributed by atoms with Crippen LogP contribution in [0.25, 0.3) is 0 Å². The summed E-state index contributed by atoms with van der Waals surface area (Å²) < 4.78 is 43.8. The number of carbonyl (C=O) groups is 1. The van der Waals surface area contributed by atoms with Gasteiger partial charge in [0.15, 0.2) is 11.5 Å². The van der Waals surface area contributed by atoms with Crippen molar-refractivity contribution in [3.8, 4) is 17.2 Å². The van der Waals surface area contributed by atoms with Gasteiger partial charge in [0, 0.05) is 5.56 Å². The summed E-state index contributed by atoms with van der Waals surface area (Å²) in [5.74, 6) is -0.752. The van der Waals surface area contributed by atoms with Gasteiger partial charge in [-0.3, -0.25) is 9.10 Å². The third-order valence-electron chi connectivity index (χ3n) is 4.35. The summed E-state index contributed by atoms with van der Waals surface area (Å²) in [5, 5.41) is 9.38. The molecule has 1 aliphatic heterocycles. The van der Waals surface area contributed by atoms with Crippen molar-refractivity contribution in [3.05, 3.63) is 42.0 Å². The Labute approximate surface area is 156 Å². The number of rotatable bonds is 6. The molecule has 27 heavy (non-hydrogen) atoms. The van der Waals surface area contributed by atoms with Gasteiger partial charge in [-0.25, -0.2) is 8.42 Å². The fourth-order valence-corrected chi connectivity index (χ4v) is 5.33. The lowest BCUT2D eigenvalue weighted by molar-refractivity contribution is -0.137. The number of hydrogen-bond donors (Lipinski definition) is 1. The molecule has 2 aromatic rings. The van der Waals surface area contributed by atoms with Gasteiger partial charge in [-0.15, -0.1) is 0 Å². The molecule has 0 aliphatic carbocycles. The van der Waals surface area contributed by atoms with Gasteiger partial charge in [0.2, 0.25) is 5.75 Å². The Kier molecular flexibility index (Phi) is 4.88. The Morgan fingerprint density at radius 3 is 2.22 bits per heavy atom. The van der Waals surface area contributed by atoms with Crippen LogP contribution in [-0.4, -0.2) is 40.8 Å². The monoisotopic (exact) mass is 393 g/mol. The van der Waals surface area contributed by atoms with Gasteiger partial charge in [-0.05, 0) is 18.2 Å². The third-order valence-corrected chi connectivity index (χ3v) is 6.27. The summed E-state index contributed by atoms with van der Waals surface area (Å²) in [7, 11) is 0.0228. The van der Waals surface area contributed by atoms with Gasteiger partial charge in [-0.2, -0.15) is 0 Å². The Bertz CT molecular complexity index is 973. The van der Waals surface area contributed by atoms with E-state index in [0.29, 0.717) is 5.69 Å². The summed E-state index contributed by atoms with van der Waals surface area (Å²) in [6.07, 6.45) is -0.417. The van der Waals surface area contributed by atoms with Crippen molar-refractivity contribution in [1.29, 1.82) is 0 Å². The van der Waals surface area contributed by atoms with Crippen LogP contribution in [0.1, 0.15) is 18.0 Å². The summed E-state index contributed by atoms with van der Waals surface area (Å²) in [5.41, 5.74) is 0.649. The highest BCUT2D eigenvalue weighted by atomic mass is 32.2. The highest BCUT2D eigenvalue weighted by molar-refractivity contribution is 7.93. The van der Waals surface area contributed by atoms with Crippen molar-refractivity contribution < 1.29 is 32.5 Å². The van der Waals surface area contributed by atoms with Gasteiger partial charge in [0.05, 0.1) is 39.5 Å². The Hall–Kier alpha value is -2.94. The van der Waals surface area contributed by atoms with E-state index >= 15 is 0 Å². The number of para-hydroxylation sites is 1. The van der Waals surface area contributed by atoms with Crippen LogP contribution in [0.15, 0.2) is 41.3 Å². The molecule has 0 radical (unpaired) electrons. The standard InChI is InChI=1S/C18H19NO7S/c1-24-14-9-12-13(10-15(20)21)19(11-7-5-4-6-8-11)27(22,23)18(12)17(26-3)16(14)25-2/h4-9,13H,10H2,1-3H3,(H,20,21). The zero-order valence-corrected chi connectivity index (χ0v) is 15.8. The number of anilines is 1. The second kappa shape index (κ2) is 6.99. The fraction of sp³-hybridized carbons (Fsp3) is 0.278. The molecule has 1 aliphatic rings. The SMILES string of the molecule is COc1cc2c(c(OC)c1OC)S(=O)(=O)N(c1ccccc1)C2CC(=O)O. The van der Waals surface area contributed by atoms with E-state index in [1.807, 2.05) is 0 Å². The first kappa shape index (κ1) is 18.8. The first-order valence-corrected chi connectivity index (χ1v) is 9.45. The van der Waals surface area contributed by atoms with Gasteiger partial charge in [0.1, 0.15) is 4.90 Å². The van der Waals surface area contributed by atoms with Gasteiger partial charge in [0.25, 0.3) is 10.0 Å². The molecule has 1 heterocycles. The van der Waals surface area contributed by atoms with Crippen molar-refractivity contribution in [3.63, 3.8) is 0 Å². The van der Waals surface area contributed by atoms with Gasteiger partial charge >= 0.3 is 5.97 Å². The number of methoxy groups -OCH3 is 3. The lowest BCUT2D eigenvalue weighted by Crippen LogP contribution is -2.29. The lowest BCUT2D eigenvalue weighted by Gasteiger charge is -2.24. The fourth-order valence-electron chi connectivity index (χ4n) is 3.31. The van der Waals surface area contributed by atoms with Gasteiger partial charge in [-0.1, -0.05) is 18.2 Å². The summed E-state index contributed by atoms with van der Waals surface area (Å²) in [4.78, 5) is 11.4. The predicted octanol–water partition coefficient (Wildman–Crippen LogP) is 2.44. The van der Waals surface area contributed by atoms with Crippen LogP contribution in [0.3, 0.4) is 0 Å². The van der Waals surface area contributed by atoms with Crippen molar-refractivity contribution in [1.82, 2.24) is 0 Å². The largest absolute Gasteiger partial charge is 0.493 e. The van der Waals surface area contributed by atoms with E-state index in [9.17, 15) is 18.3 Å². The Morgan fingerprint density at radius 1 is 1.07 bits per heavy atom. The minimum atomic E-state index is -4.09. The lowest BCUT2D eigenvalue weighted by atomic mass is 10.0. The number of carboxylic acid groups (broad SMARTS) is 1. The molecule has 1 atom stereocenters. The van der Waals surface area contributed by atoms with Crippen molar-refractivity contribution in [2.75, 3.05) is 25.6 Å². The first-order chi connectivity index (χ1) is 12.9. The molecule has 9 heteroatoms. The number of benzene rings is 2. The van der Waals surface area contributed by atoms with Crippen molar-refractivity contribution in [2.45, 2.75) is 17.4 Å². The first-order valence-electron chi connectivity index (χ1n) is 8.01. The number of carboxylic acids is 1. The average Bonchev–Trinajstić information content (AvgIpc) is 2.86. The number of sulfonamides is 1. The maximum Gasteiger partial charge on any atom is 0.305 e. The van der Waals surface area contributed by atoms with E-state index in [1.54, 1.807) is 30.3 Å². The highest BCUT2D eigenvalue weighted by Gasteiger charge is 2.47. The number of ether oxygens (including phenoxy) is 3. The van der Waals surface area contributed by atoms with E-state index in [-0.39, 0.29) is 27.7 Å². The summed E-state index contributed by atoms with van der Waals surface area (Å²) >= 11 is 0. The van der Waals surface area contributed by atoms with Crippen molar-refractivity contribution >= 4 is 21.7 Å². The normalized spacial score (nSPS) is 17.3. The number of hydrogen-bond acceptors (Lipinski definition) is 6. The second-order valence-electron chi connectivity index (χ2n) is 5.81. The molecule has 2 aromatic carbocycles. The van der Waals surface area contributed by atoms with E-state index in [1.165, 1.54) is 27.4 Å². The third kappa shape index (κ3) is 2.93. The summed E-state index contributed by atoms with van der Waals surface area (Å²) in [6, 6.07) is 8.88. The van der Waals surface area contributed by atoms with Crippen LogP contribution in [0.5, 0.6) is 17.2 Å². The topological polar surface area (TPSA) is 102 Å². The second-order valence-corrected chi connectivity index (χ2v) is 7.57. The maximum absolute atomic E-state index is 13.4. The molecule has 1 N–H and O–H groups in total. The number of fused-ring (bicyclic) bond motifs is 1. The van der Waals surface area contributed by atoms with E-state index in [2.05, 4.69) is 0 Å². The zero-order valence-electron chi connectivity index (χ0n) is 15.0. The highest BCUT2D eigenvalue weighted by Crippen LogP contribution is 2.53. The molecular weight excluding hydrogens is 374 g/mol. The van der Waals surface area contributed by atoms with Crippen molar-refractivity contribution in [2.24, 2.45) is 0 Å². The van der Waals surface area contributed by atoms with Crippen LogP contribution in [-0.2, 0) is 14.8 Å². The molecule has 0 saturated carbocycles. The van der Waals surface area contributed by atoms with E-state index in [0.717, 1.165) is 4.31 Å². The molecule has 0 aromatic heterocycles. The smallest absolute Gasteiger partial charge is 0.305 e. The number of aliphatic carboxylic acids is 1. The minimum Gasteiger partial charge on any atom is -0.493 e. The Balaban J connectivity index is 2.35. The van der Waals surface area contributed by atoms with Crippen LogP contribution >= 0.6 is 0 Å². The van der Waals surface area contributed by atoms with Crippen LogP contribution < -0.4 is 18.5 Å². The zero-order chi connectivity index (χ0) is 19.8. The van der Waals surface area contributed by atoms with Gasteiger partial charge < -0.3 is 19.3 Å². The van der Waals surface area contributed by atoms with E-state index in [4.69, 9.17) is 14.2 Å². The molecule has 8 nitrogen and oxygen atoms in total. The Morgan fingerprint density at radius 2 is 1.70 bits per heavy atom. The van der Waals surface area contributed by atoms with Crippen LogP contribution in [0.2, 0.25) is 0 Å². The quantitative estimate of drug-likeness (QED) is 0.804. The molecule has 144 valence electrons. The molecule has 1 unspecified atom stereocenters. The molecular formula is C18H19NO7S. The maximum atomic E-state index is 13.4. The number of nitrogens with zero attached hydrogens (tertiary/aromatic N) is 1. The molecule has 0 amide bonds. The molecule has 0 bridgehead atoms. The molecule has 3 rings (SSSR count). The van der Waals surface area contributed by atoms with E-state index < -0.39 is 28.5 Å². The molecule has 0 saturated heterocycles. The molecule has 0 fully saturated rings. The van der Waals surface area contributed by atoms with Crippen LogP contribution in [0.4, 0.5) is 5.69 Å². The minimum absolute atomic E-state index is 0.0133. The van der Waals surface area contributed by atoms with Crippen LogP contribution in [0, 0.1) is 0 Å². The average molecular weight is 393 g/mol.